The maximum absolute atomic E-state index is 11.0. The Hall–Kier alpha value is -1.88. The van der Waals surface area contributed by atoms with Gasteiger partial charge in [-0.25, -0.2) is 0 Å². The Bertz CT molecular complexity index is 441. The quantitative estimate of drug-likeness (QED) is 0.785. The molecule has 1 aromatic carbocycles. The molecule has 1 rings (SSSR count). The Labute approximate surface area is 112 Å². The fourth-order valence-electron chi connectivity index (χ4n) is 1.73. The molecule has 104 valence electrons. The van der Waals surface area contributed by atoms with Gasteiger partial charge in [-0.2, -0.15) is 0 Å². The first-order valence-electron chi connectivity index (χ1n) is 6.14. The van der Waals surface area contributed by atoms with Crippen molar-refractivity contribution in [3.63, 3.8) is 0 Å². The van der Waals surface area contributed by atoms with Gasteiger partial charge in [-0.05, 0) is 19.4 Å². The summed E-state index contributed by atoms with van der Waals surface area (Å²) in [5, 5.41) is 17.8. The molecule has 0 fully saturated rings. The predicted molar refractivity (Wildman–Crippen MR) is 70.9 cm³/mol. The van der Waals surface area contributed by atoms with Crippen molar-refractivity contribution in [1.82, 2.24) is 4.90 Å². The molecule has 5 heteroatoms. The van der Waals surface area contributed by atoms with Crippen molar-refractivity contribution in [3.05, 3.63) is 35.4 Å². The van der Waals surface area contributed by atoms with Crippen molar-refractivity contribution in [1.29, 1.82) is 0 Å². The molecule has 0 aromatic heterocycles. The van der Waals surface area contributed by atoms with Crippen LogP contribution in [0.1, 0.15) is 24.5 Å². The first kappa shape index (κ1) is 15.2. The van der Waals surface area contributed by atoms with E-state index in [9.17, 15) is 9.59 Å². The summed E-state index contributed by atoms with van der Waals surface area (Å²) in [4.78, 5) is 23.3. The standard InChI is InChI=1S/C14H19NO4/c1-10-3-5-12(6-4-10)9-15(8-7-13(16)17)11(2)14(18)19/h3-6,11H,7-9H2,1-2H3,(H,16,17)(H,18,19). The van der Waals surface area contributed by atoms with Crippen molar-refractivity contribution in [2.45, 2.75) is 32.9 Å². The normalized spacial score (nSPS) is 12.4. The van der Waals surface area contributed by atoms with Crippen molar-refractivity contribution in [2.24, 2.45) is 0 Å². The third-order valence-electron chi connectivity index (χ3n) is 3.02. The minimum atomic E-state index is -0.947. The van der Waals surface area contributed by atoms with Crippen molar-refractivity contribution in [3.8, 4) is 0 Å². The molecular formula is C14H19NO4. The van der Waals surface area contributed by atoms with Crippen molar-refractivity contribution < 1.29 is 19.8 Å². The Morgan fingerprint density at radius 2 is 1.79 bits per heavy atom. The molecule has 1 aromatic rings. The molecule has 0 radical (unpaired) electrons. The van der Waals surface area contributed by atoms with Crippen molar-refractivity contribution in [2.75, 3.05) is 6.54 Å². The summed E-state index contributed by atoms with van der Waals surface area (Å²) in [5.41, 5.74) is 2.11. The molecule has 1 atom stereocenters. The van der Waals surface area contributed by atoms with Gasteiger partial charge in [0.2, 0.25) is 0 Å². The molecule has 0 aliphatic carbocycles. The average molecular weight is 265 g/mol. The molecule has 0 bridgehead atoms. The van der Waals surface area contributed by atoms with Crippen LogP contribution in [0.3, 0.4) is 0 Å². The number of aliphatic carboxylic acids is 2. The molecule has 1 unspecified atom stereocenters. The molecule has 5 nitrogen and oxygen atoms in total. The Morgan fingerprint density at radius 1 is 1.21 bits per heavy atom. The van der Waals surface area contributed by atoms with Gasteiger partial charge < -0.3 is 10.2 Å². The predicted octanol–water partition coefficient (Wildman–Crippen LogP) is 1.74. The van der Waals surface area contributed by atoms with E-state index in [0.717, 1.165) is 11.1 Å². The van der Waals surface area contributed by atoms with Crippen LogP contribution in [0, 0.1) is 6.92 Å². The number of aryl methyl sites for hydroxylation is 1. The lowest BCUT2D eigenvalue weighted by atomic mass is 10.1. The lowest BCUT2D eigenvalue weighted by Gasteiger charge is -2.25. The maximum atomic E-state index is 11.0. The highest BCUT2D eigenvalue weighted by atomic mass is 16.4. The highest BCUT2D eigenvalue weighted by Gasteiger charge is 2.21. The van der Waals surface area contributed by atoms with Crippen LogP contribution >= 0.6 is 0 Å². The van der Waals surface area contributed by atoms with Crippen LogP contribution in [0.15, 0.2) is 24.3 Å². The number of carboxylic acid groups (broad SMARTS) is 2. The number of hydrogen-bond acceptors (Lipinski definition) is 3. The van der Waals surface area contributed by atoms with E-state index in [1.807, 2.05) is 31.2 Å². The first-order chi connectivity index (χ1) is 8.90. The Kier molecular flexibility index (Phi) is 5.51. The fraction of sp³-hybridized carbons (Fsp3) is 0.429. The van der Waals surface area contributed by atoms with E-state index in [-0.39, 0.29) is 13.0 Å². The first-order valence-corrected chi connectivity index (χ1v) is 6.14. The molecule has 0 saturated heterocycles. The second-order valence-corrected chi connectivity index (χ2v) is 4.61. The minimum Gasteiger partial charge on any atom is -0.481 e. The van der Waals surface area contributed by atoms with Crippen LogP contribution in [0.4, 0.5) is 0 Å². The zero-order chi connectivity index (χ0) is 14.4. The third kappa shape index (κ3) is 5.09. The Balaban J connectivity index is 2.75. The molecule has 19 heavy (non-hydrogen) atoms. The molecule has 0 aliphatic heterocycles. The SMILES string of the molecule is Cc1ccc(CN(CCC(=O)O)C(C)C(=O)O)cc1. The summed E-state index contributed by atoms with van der Waals surface area (Å²) in [6.45, 7) is 4.20. The van der Waals surface area contributed by atoms with E-state index in [4.69, 9.17) is 10.2 Å². The van der Waals surface area contributed by atoms with E-state index in [1.54, 1.807) is 11.8 Å². The molecule has 0 spiro atoms. The van der Waals surface area contributed by atoms with Gasteiger partial charge in [-0.3, -0.25) is 14.5 Å². The summed E-state index contributed by atoms with van der Waals surface area (Å²) < 4.78 is 0. The monoisotopic (exact) mass is 265 g/mol. The van der Waals surface area contributed by atoms with Crippen molar-refractivity contribution >= 4 is 11.9 Å². The molecular weight excluding hydrogens is 246 g/mol. The van der Waals surface area contributed by atoms with Crippen LogP contribution in [0.25, 0.3) is 0 Å². The van der Waals surface area contributed by atoms with Gasteiger partial charge in [0.05, 0.1) is 6.42 Å². The van der Waals surface area contributed by atoms with Crippen LogP contribution in [0.5, 0.6) is 0 Å². The van der Waals surface area contributed by atoms with Gasteiger partial charge in [0, 0.05) is 13.1 Å². The zero-order valence-electron chi connectivity index (χ0n) is 11.2. The van der Waals surface area contributed by atoms with Gasteiger partial charge in [0.15, 0.2) is 0 Å². The van der Waals surface area contributed by atoms with Crippen LogP contribution in [0.2, 0.25) is 0 Å². The van der Waals surface area contributed by atoms with Gasteiger partial charge in [-0.15, -0.1) is 0 Å². The number of carbonyl (C=O) groups is 2. The Morgan fingerprint density at radius 3 is 2.26 bits per heavy atom. The number of benzene rings is 1. The van der Waals surface area contributed by atoms with E-state index in [1.165, 1.54) is 0 Å². The van der Waals surface area contributed by atoms with E-state index in [2.05, 4.69) is 0 Å². The van der Waals surface area contributed by atoms with E-state index < -0.39 is 18.0 Å². The number of rotatable bonds is 7. The summed E-state index contributed by atoms with van der Waals surface area (Å²) in [7, 11) is 0. The lowest BCUT2D eigenvalue weighted by Crippen LogP contribution is -2.39. The number of hydrogen-bond donors (Lipinski definition) is 2. The number of nitrogens with zero attached hydrogens (tertiary/aromatic N) is 1. The minimum absolute atomic E-state index is 0.0660. The average Bonchev–Trinajstić information content (AvgIpc) is 2.35. The number of carboxylic acids is 2. The van der Waals surface area contributed by atoms with E-state index in [0.29, 0.717) is 6.54 Å². The molecule has 0 heterocycles. The van der Waals surface area contributed by atoms with Crippen LogP contribution < -0.4 is 0 Å². The molecule has 2 N–H and O–H groups in total. The largest absolute Gasteiger partial charge is 0.481 e. The third-order valence-corrected chi connectivity index (χ3v) is 3.02. The van der Waals surface area contributed by atoms with Gasteiger partial charge in [-0.1, -0.05) is 29.8 Å². The molecule has 0 amide bonds. The summed E-state index contributed by atoms with van der Waals surface area (Å²) in [6.07, 6.45) is -0.0660. The summed E-state index contributed by atoms with van der Waals surface area (Å²) in [6, 6.07) is 7.06. The second-order valence-electron chi connectivity index (χ2n) is 4.61. The fourth-order valence-corrected chi connectivity index (χ4v) is 1.73. The summed E-state index contributed by atoms with van der Waals surface area (Å²) in [5.74, 6) is -1.87. The van der Waals surface area contributed by atoms with Crippen LogP contribution in [-0.4, -0.2) is 39.6 Å². The highest BCUT2D eigenvalue weighted by Crippen LogP contribution is 2.10. The maximum Gasteiger partial charge on any atom is 0.320 e. The lowest BCUT2D eigenvalue weighted by molar-refractivity contribution is -0.144. The molecule has 0 saturated carbocycles. The topological polar surface area (TPSA) is 77.8 Å². The zero-order valence-corrected chi connectivity index (χ0v) is 11.2. The highest BCUT2D eigenvalue weighted by molar-refractivity contribution is 5.73. The van der Waals surface area contributed by atoms with Crippen LogP contribution in [-0.2, 0) is 16.1 Å². The van der Waals surface area contributed by atoms with E-state index >= 15 is 0 Å². The van der Waals surface area contributed by atoms with Gasteiger partial charge >= 0.3 is 11.9 Å². The smallest absolute Gasteiger partial charge is 0.320 e. The summed E-state index contributed by atoms with van der Waals surface area (Å²) >= 11 is 0. The molecule has 0 aliphatic rings. The van der Waals surface area contributed by atoms with Gasteiger partial charge in [0.1, 0.15) is 6.04 Å². The van der Waals surface area contributed by atoms with Gasteiger partial charge in [0.25, 0.3) is 0 Å². The second kappa shape index (κ2) is 6.89.